The Bertz CT molecular complexity index is 245. The lowest BCUT2D eigenvalue weighted by atomic mass is 10.2. The summed E-state index contributed by atoms with van der Waals surface area (Å²) in [5, 5.41) is 6.53. The zero-order valence-electron chi connectivity index (χ0n) is 10.9. The Morgan fingerprint density at radius 3 is 2.71 bits per heavy atom. The highest BCUT2D eigenvalue weighted by Gasteiger charge is 2.24. The molecular weight excluding hydrogens is 214 g/mol. The molecule has 17 heavy (non-hydrogen) atoms. The molecule has 2 N–H and O–H groups in total. The fourth-order valence-corrected chi connectivity index (χ4v) is 2.98. The molecule has 2 rings (SSSR count). The van der Waals surface area contributed by atoms with Crippen LogP contribution >= 0.6 is 0 Å². The predicted molar refractivity (Wildman–Crippen MR) is 68.9 cm³/mol. The Kier molecular flexibility index (Phi) is 4.80. The van der Waals surface area contributed by atoms with E-state index < -0.39 is 0 Å². The smallest absolute Gasteiger partial charge is 0.234 e. The van der Waals surface area contributed by atoms with Gasteiger partial charge in [0.15, 0.2) is 0 Å². The SMILES string of the molecule is CCN(CC(=O)NC1CCCC1)C1CCNC1. The van der Waals surface area contributed by atoms with Crippen molar-refractivity contribution in [3.05, 3.63) is 0 Å². The van der Waals surface area contributed by atoms with Crippen LogP contribution in [-0.2, 0) is 4.79 Å². The van der Waals surface area contributed by atoms with E-state index in [4.69, 9.17) is 0 Å². The quantitative estimate of drug-likeness (QED) is 0.743. The Morgan fingerprint density at radius 2 is 2.12 bits per heavy atom. The van der Waals surface area contributed by atoms with E-state index in [1.807, 2.05) is 0 Å². The lowest BCUT2D eigenvalue weighted by molar-refractivity contribution is -0.123. The minimum atomic E-state index is 0.214. The van der Waals surface area contributed by atoms with Gasteiger partial charge in [0, 0.05) is 18.6 Å². The molecule has 1 aliphatic carbocycles. The highest BCUT2D eigenvalue weighted by molar-refractivity contribution is 5.78. The fourth-order valence-electron chi connectivity index (χ4n) is 2.98. The Labute approximate surface area is 104 Å². The molecule has 98 valence electrons. The van der Waals surface area contributed by atoms with Gasteiger partial charge in [0.2, 0.25) is 5.91 Å². The molecule has 0 bridgehead atoms. The molecule has 0 aromatic heterocycles. The van der Waals surface area contributed by atoms with Gasteiger partial charge in [-0.05, 0) is 32.4 Å². The van der Waals surface area contributed by atoms with E-state index in [0.29, 0.717) is 18.6 Å². The number of nitrogens with zero attached hydrogens (tertiary/aromatic N) is 1. The highest BCUT2D eigenvalue weighted by Crippen LogP contribution is 2.17. The van der Waals surface area contributed by atoms with Gasteiger partial charge in [-0.1, -0.05) is 19.8 Å². The standard InChI is InChI=1S/C13H25N3O/c1-2-16(12-7-8-14-9-12)10-13(17)15-11-5-3-4-6-11/h11-12,14H,2-10H2,1H3,(H,15,17). The van der Waals surface area contributed by atoms with Crippen molar-refractivity contribution in [2.45, 2.75) is 51.1 Å². The maximum absolute atomic E-state index is 12.0. The molecule has 1 saturated carbocycles. The molecule has 1 unspecified atom stereocenters. The van der Waals surface area contributed by atoms with Crippen molar-refractivity contribution >= 4 is 5.91 Å². The third-order valence-electron chi connectivity index (χ3n) is 4.02. The molecule has 4 nitrogen and oxygen atoms in total. The van der Waals surface area contributed by atoms with Crippen molar-refractivity contribution in [3.8, 4) is 0 Å². The largest absolute Gasteiger partial charge is 0.352 e. The van der Waals surface area contributed by atoms with Gasteiger partial charge in [0.1, 0.15) is 0 Å². The Balaban J connectivity index is 1.74. The number of carbonyl (C=O) groups is 1. The third kappa shape index (κ3) is 3.68. The number of nitrogens with one attached hydrogen (secondary N) is 2. The van der Waals surface area contributed by atoms with Gasteiger partial charge < -0.3 is 10.6 Å². The van der Waals surface area contributed by atoms with Crippen LogP contribution in [0.4, 0.5) is 0 Å². The van der Waals surface area contributed by atoms with E-state index in [9.17, 15) is 4.79 Å². The minimum Gasteiger partial charge on any atom is -0.352 e. The van der Waals surface area contributed by atoms with Crippen LogP contribution in [0.3, 0.4) is 0 Å². The monoisotopic (exact) mass is 239 g/mol. The van der Waals surface area contributed by atoms with E-state index in [-0.39, 0.29) is 5.91 Å². The molecule has 0 aromatic rings. The first-order chi connectivity index (χ1) is 8.29. The predicted octanol–water partition coefficient (Wildman–Crippen LogP) is 0.729. The van der Waals surface area contributed by atoms with Crippen molar-refractivity contribution in [1.29, 1.82) is 0 Å². The maximum Gasteiger partial charge on any atom is 0.234 e. The first kappa shape index (κ1) is 12.8. The summed E-state index contributed by atoms with van der Waals surface area (Å²) in [5.74, 6) is 0.214. The summed E-state index contributed by atoms with van der Waals surface area (Å²) in [7, 11) is 0. The van der Waals surface area contributed by atoms with Crippen LogP contribution in [0.1, 0.15) is 39.0 Å². The number of carbonyl (C=O) groups excluding carboxylic acids is 1. The molecule has 2 aliphatic rings. The molecule has 1 saturated heterocycles. The lowest BCUT2D eigenvalue weighted by Crippen LogP contribution is -2.45. The maximum atomic E-state index is 12.0. The molecule has 1 atom stereocenters. The fraction of sp³-hybridized carbons (Fsp3) is 0.923. The molecule has 0 radical (unpaired) electrons. The zero-order valence-corrected chi connectivity index (χ0v) is 10.9. The lowest BCUT2D eigenvalue weighted by Gasteiger charge is -2.26. The number of hydrogen-bond donors (Lipinski definition) is 2. The third-order valence-corrected chi connectivity index (χ3v) is 4.02. The molecular formula is C13H25N3O. The summed E-state index contributed by atoms with van der Waals surface area (Å²) >= 11 is 0. The first-order valence-corrected chi connectivity index (χ1v) is 7.03. The van der Waals surface area contributed by atoms with Crippen LogP contribution in [0.15, 0.2) is 0 Å². The summed E-state index contributed by atoms with van der Waals surface area (Å²) < 4.78 is 0. The number of likely N-dealkylation sites (N-methyl/N-ethyl adjacent to an activating group) is 1. The van der Waals surface area contributed by atoms with Gasteiger partial charge in [-0.25, -0.2) is 0 Å². The van der Waals surface area contributed by atoms with E-state index in [0.717, 1.165) is 19.6 Å². The summed E-state index contributed by atoms with van der Waals surface area (Å²) in [4.78, 5) is 14.2. The van der Waals surface area contributed by atoms with Crippen LogP contribution in [0.5, 0.6) is 0 Å². The van der Waals surface area contributed by atoms with E-state index >= 15 is 0 Å². The number of amides is 1. The highest BCUT2D eigenvalue weighted by atomic mass is 16.2. The second-order valence-electron chi connectivity index (χ2n) is 5.26. The van der Waals surface area contributed by atoms with Gasteiger partial charge >= 0.3 is 0 Å². The molecule has 0 aromatic carbocycles. The van der Waals surface area contributed by atoms with Crippen LogP contribution < -0.4 is 10.6 Å². The van der Waals surface area contributed by atoms with Crippen molar-refractivity contribution in [1.82, 2.24) is 15.5 Å². The van der Waals surface area contributed by atoms with Gasteiger partial charge in [-0.2, -0.15) is 0 Å². The van der Waals surface area contributed by atoms with Gasteiger partial charge in [-0.3, -0.25) is 9.69 Å². The first-order valence-electron chi connectivity index (χ1n) is 7.03. The Hall–Kier alpha value is -0.610. The molecule has 1 heterocycles. The minimum absolute atomic E-state index is 0.214. The van der Waals surface area contributed by atoms with Crippen LogP contribution in [0.2, 0.25) is 0 Å². The number of hydrogen-bond acceptors (Lipinski definition) is 3. The topological polar surface area (TPSA) is 44.4 Å². The molecule has 1 aliphatic heterocycles. The van der Waals surface area contributed by atoms with Crippen molar-refractivity contribution in [2.24, 2.45) is 0 Å². The second kappa shape index (κ2) is 6.36. The normalized spacial score (nSPS) is 25.6. The number of rotatable bonds is 5. The van der Waals surface area contributed by atoms with Crippen molar-refractivity contribution < 1.29 is 4.79 Å². The van der Waals surface area contributed by atoms with E-state index in [2.05, 4.69) is 22.5 Å². The van der Waals surface area contributed by atoms with Crippen LogP contribution in [0.25, 0.3) is 0 Å². The van der Waals surface area contributed by atoms with Crippen LogP contribution in [0, 0.1) is 0 Å². The van der Waals surface area contributed by atoms with E-state index in [1.165, 1.54) is 32.1 Å². The van der Waals surface area contributed by atoms with Crippen LogP contribution in [-0.4, -0.2) is 49.1 Å². The summed E-state index contributed by atoms with van der Waals surface area (Å²) in [6, 6.07) is 0.997. The average Bonchev–Trinajstić information content (AvgIpc) is 2.97. The van der Waals surface area contributed by atoms with Crippen molar-refractivity contribution in [3.63, 3.8) is 0 Å². The van der Waals surface area contributed by atoms with Crippen molar-refractivity contribution in [2.75, 3.05) is 26.2 Å². The second-order valence-corrected chi connectivity index (χ2v) is 5.26. The Morgan fingerprint density at radius 1 is 1.35 bits per heavy atom. The summed E-state index contributed by atoms with van der Waals surface area (Å²) in [5.41, 5.74) is 0. The molecule has 1 amide bonds. The van der Waals surface area contributed by atoms with E-state index in [1.54, 1.807) is 0 Å². The van der Waals surface area contributed by atoms with Gasteiger partial charge in [-0.15, -0.1) is 0 Å². The summed E-state index contributed by atoms with van der Waals surface area (Å²) in [6.45, 7) is 5.79. The van der Waals surface area contributed by atoms with Gasteiger partial charge in [0.05, 0.1) is 6.54 Å². The zero-order chi connectivity index (χ0) is 12.1. The molecule has 0 spiro atoms. The average molecular weight is 239 g/mol. The molecule has 2 fully saturated rings. The molecule has 4 heteroatoms. The summed E-state index contributed by atoms with van der Waals surface area (Å²) in [6.07, 6.45) is 6.06. The van der Waals surface area contributed by atoms with Gasteiger partial charge in [0.25, 0.3) is 0 Å².